The minimum Gasteiger partial charge on any atom is -0.378 e. The van der Waals surface area contributed by atoms with Crippen LogP contribution in [0.5, 0.6) is 0 Å². The molecular formula is C8H14O4S. The molecule has 5 heteroatoms. The molecule has 1 heterocycles. The first-order chi connectivity index (χ1) is 5.96. The topological polar surface area (TPSA) is 60.4 Å². The maximum atomic E-state index is 11.0. The molecule has 4 nitrogen and oxygen atoms in total. The highest BCUT2D eigenvalue weighted by Gasteiger charge is 2.52. The Morgan fingerprint density at radius 3 is 2.38 bits per heavy atom. The first-order valence-corrected chi connectivity index (χ1v) is 6.06. The van der Waals surface area contributed by atoms with Gasteiger partial charge in [-0.3, -0.25) is 0 Å². The van der Waals surface area contributed by atoms with Crippen molar-refractivity contribution in [2.24, 2.45) is 5.41 Å². The molecule has 0 amide bonds. The summed E-state index contributed by atoms with van der Waals surface area (Å²) in [5.41, 5.74) is -0.783. The lowest BCUT2D eigenvalue weighted by atomic mass is 9.88. The average Bonchev–Trinajstić information content (AvgIpc) is 1.99. The lowest BCUT2D eigenvalue weighted by Gasteiger charge is -2.40. The maximum Gasteiger partial charge on any atom is 0.152 e. The molecule has 1 atom stereocenters. The van der Waals surface area contributed by atoms with Gasteiger partial charge in [-0.25, -0.2) is 8.42 Å². The van der Waals surface area contributed by atoms with Gasteiger partial charge in [-0.05, 0) is 13.8 Å². The zero-order valence-electron chi connectivity index (χ0n) is 7.82. The molecule has 1 aliphatic rings. The normalized spacial score (nSPS) is 26.0. The zero-order chi connectivity index (χ0) is 10.1. The quantitative estimate of drug-likeness (QED) is 0.609. The van der Waals surface area contributed by atoms with Crippen LogP contribution in [0.25, 0.3) is 0 Å². The van der Waals surface area contributed by atoms with Crippen LogP contribution in [0.1, 0.15) is 13.8 Å². The minimum atomic E-state index is -2.98. The van der Waals surface area contributed by atoms with E-state index in [0.717, 1.165) is 0 Å². The summed E-state index contributed by atoms with van der Waals surface area (Å²) < 4.78 is 27.1. The fourth-order valence-electron chi connectivity index (χ4n) is 1.59. The van der Waals surface area contributed by atoms with Crippen LogP contribution in [0.15, 0.2) is 0 Å². The molecule has 0 aliphatic carbocycles. The van der Waals surface area contributed by atoms with Gasteiger partial charge in [0.1, 0.15) is 6.29 Å². The Kier molecular flexibility index (Phi) is 2.77. The molecule has 1 unspecified atom stereocenters. The van der Waals surface area contributed by atoms with E-state index in [-0.39, 0.29) is 17.6 Å². The fourth-order valence-corrected chi connectivity index (χ4v) is 3.75. The van der Waals surface area contributed by atoms with Crippen LogP contribution in [0.3, 0.4) is 0 Å². The second kappa shape index (κ2) is 3.38. The molecular weight excluding hydrogens is 192 g/mol. The van der Waals surface area contributed by atoms with E-state index >= 15 is 0 Å². The highest BCUT2D eigenvalue weighted by molar-refractivity contribution is 7.93. The third kappa shape index (κ3) is 1.91. The number of carbonyl (C=O) groups is 1. The van der Waals surface area contributed by atoms with Crippen molar-refractivity contribution < 1.29 is 17.9 Å². The monoisotopic (exact) mass is 206 g/mol. The predicted molar refractivity (Wildman–Crippen MR) is 48.2 cm³/mol. The molecule has 1 rings (SSSR count). The smallest absolute Gasteiger partial charge is 0.152 e. The molecule has 0 aromatic heterocycles. The molecule has 0 saturated carbocycles. The van der Waals surface area contributed by atoms with E-state index in [4.69, 9.17) is 4.74 Å². The Bertz CT molecular complexity index is 281. The van der Waals surface area contributed by atoms with E-state index in [2.05, 4.69) is 0 Å². The SMILES string of the molecule is CCOC(C)C1(C=O)CS(=O)(=O)C1. The van der Waals surface area contributed by atoms with E-state index in [1.807, 2.05) is 6.92 Å². The largest absolute Gasteiger partial charge is 0.378 e. The first kappa shape index (κ1) is 10.7. The second-order valence-electron chi connectivity index (χ2n) is 3.48. The number of ether oxygens (including phenoxy) is 1. The van der Waals surface area contributed by atoms with E-state index < -0.39 is 15.3 Å². The molecule has 0 aromatic carbocycles. The minimum absolute atomic E-state index is 0.0648. The molecule has 0 bridgehead atoms. The van der Waals surface area contributed by atoms with Crippen molar-refractivity contribution in [1.82, 2.24) is 0 Å². The van der Waals surface area contributed by atoms with Crippen molar-refractivity contribution in [3.05, 3.63) is 0 Å². The number of hydrogen-bond acceptors (Lipinski definition) is 4. The van der Waals surface area contributed by atoms with Gasteiger partial charge in [0.15, 0.2) is 9.84 Å². The van der Waals surface area contributed by atoms with Gasteiger partial charge < -0.3 is 9.53 Å². The van der Waals surface area contributed by atoms with Crippen molar-refractivity contribution in [1.29, 1.82) is 0 Å². The molecule has 0 aromatic rings. The zero-order valence-corrected chi connectivity index (χ0v) is 8.63. The molecule has 1 fully saturated rings. The van der Waals surface area contributed by atoms with Crippen LogP contribution in [0, 0.1) is 5.41 Å². The standard InChI is InChI=1S/C8H14O4S/c1-3-12-7(2)8(4-9)5-13(10,11)6-8/h4,7H,3,5-6H2,1-2H3. The van der Waals surface area contributed by atoms with Crippen LogP contribution < -0.4 is 0 Å². The summed E-state index contributed by atoms with van der Waals surface area (Å²) >= 11 is 0. The summed E-state index contributed by atoms with van der Waals surface area (Å²) in [6, 6.07) is 0. The lowest BCUT2D eigenvalue weighted by Crippen LogP contribution is -2.56. The van der Waals surface area contributed by atoms with Gasteiger partial charge in [-0.15, -0.1) is 0 Å². The number of sulfone groups is 1. The summed E-state index contributed by atoms with van der Waals surface area (Å²) in [5.74, 6) is -0.130. The third-order valence-corrected chi connectivity index (χ3v) is 4.39. The van der Waals surface area contributed by atoms with E-state index in [1.165, 1.54) is 0 Å². The Morgan fingerprint density at radius 2 is 2.08 bits per heavy atom. The van der Waals surface area contributed by atoms with Gasteiger partial charge in [0.2, 0.25) is 0 Å². The van der Waals surface area contributed by atoms with Crippen molar-refractivity contribution in [2.45, 2.75) is 20.0 Å². The Balaban J connectivity index is 2.70. The number of hydrogen-bond donors (Lipinski definition) is 0. The van der Waals surface area contributed by atoms with Crippen molar-refractivity contribution >= 4 is 16.1 Å². The summed E-state index contributed by atoms with van der Waals surface area (Å²) in [6.07, 6.45) is 0.410. The highest BCUT2D eigenvalue weighted by atomic mass is 32.2. The lowest BCUT2D eigenvalue weighted by molar-refractivity contribution is -0.122. The van der Waals surface area contributed by atoms with Crippen LogP contribution in [-0.2, 0) is 19.4 Å². The summed E-state index contributed by atoms with van der Waals surface area (Å²) in [5, 5.41) is 0. The average molecular weight is 206 g/mol. The van der Waals surface area contributed by atoms with Crippen LogP contribution in [0.2, 0.25) is 0 Å². The molecule has 1 saturated heterocycles. The molecule has 76 valence electrons. The number of rotatable bonds is 4. The molecule has 13 heavy (non-hydrogen) atoms. The van der Waals surface area contributed by atoms with Crippen LogP contribution >= 0.6 is 0 Å². The maximum absolute atomic E-state index is 11.0. The third-order valence-electron chi connectivity index (χ3n) is 2.44. The van der Waals surface area contributed by atoms with Crippen molar-refractivity contribution in [2.75, 3.05) is 18.1 Å². The summed E-state index contributed by atoms with van der Waals surface area (Å²) in [7, 11) is -2.98. The first-order valence-electron chi connectivity index (χ1n) is 4.24. The fraction of sp³-hybridized carbons (Fsp3) is 0.875. The van der Waals surface area contributed by atoms with Crippen LogP contribution in [0.4, 0.5) is 0 Å². The van der Waals surface area contributed by atoms with Gasteiger partial charge >= 0.3 is 0 Å². The van der Waals surface area contributed by atoms with Crippen molar-refractivity contribution in [3.8, 4) is 0 Å². The highest BCUT2D eigenvalue weighted by Crippen LogP contribution is 2.35. The molecule has 0 spiro atoms. The van der Waals surface area contributed by atoms with Gasteiger partial charge in [0, 0.05) is 6.61 Å². The molecule has 0 N–H and O–H groups in total. The van der Waals surface area contributed by atoms with Gasteiger partial charge in [-0.1, -0.05) is 0 Å². The van der Waals surface area contributed by atoms with Gasteiger partial charge in [-0.2, -0.15) is 0 Å². The van der Waals surface area contributed by atoms with E-state index in [0.29, 0.717) is 12.9 Å². The van der Waals surface area contributed by atoms with Crippen molar-refractivity contribution in [3.63, 3.8) is 0 Å². The molecule has 1 aliphatic heterocycles. The Labute approximate surface area is 78.2 Å². The predicted octanol–water partition coefficient (Wildman–Crippen LogP) is 0.0251. The van der Waals surface area contributed by atoms with Gasteiger partial charge in [0.25, 0.3) is 0 Å². The van der Waals surface area contributed by atoms with Gasteiger partial charge in [0.05, 0.1) is 23.0 Å². The number of aldehydes is 1. The molecule has 0 radical (unpaired) electrons. The Hall–Kier alpha value is -0.420. The van der Waals surface area contributed by atoms with E-state index in [1.54, 1.807) is 6.92 Å². The Morgan fingerprint density at radius 1 is 1.54 bits per heavy atom. The van der Waals surface area contributed by atoms with E-state index in [9.17, 15) is 13.2 Å². The van der Waals surface area contributed by atoms with Crippen LogP contribution in [-0.4, -0.2) is 38.9 Å². The second-order valence-corrected chi connectivity index (χ2v) is 5.55. The summed E-state index contributed by atoms with van der Waals surface area (Å²) in [6.45, 7) is 4.06. The summed E-state index contributed by atoms with van der Waals surface area (Å²) in [4.78, 5) is 10.8. The number of carbonyl (C=O) groups excluding carboxylic acids is 1.